The average molecular weight is 246 g/mol. The van der Waals surface area contributed by atoms with E-state index in [1.54, 1.807) is 0 Å². The lowest BCUT2D eigenvalue weighted by atomic mass is 9.99. The molecule has 1 amide bonds. The summed E-state index contributed by atoms with van der Waals surface area (Å²) in [4.78, 5) is 12.1. The molecule has 1 aromatic carbocycles. The van der Waals surface area contributed by atoms with Gasteiger partial charge in [-0.1, -0.05) is 37.8 Å². The standard InChI is InChI=1S/C15H22N2O/c16-14-9-7-12(8-10-14)11-17-15(18)13-5-3-1-2-4-6-13/h7-10,13H,1-6,11,16H2,(H,17,18). The summed E-state index contributed by atoms with van der Waals surface area (Å²) in [5, 5.41) is 3.04. The number of anilines is 1. The van der Waals surface area contributed by atoms with Gasteiger partial charge < -0.3 is 11.1 Å². The Morgan fingerprint density at radius 1 is 1.11 bits per heavy atom. The van der Waals surface area contributed by atoms with Crippen molar-refractivity contribution < 1.29 is 4.79 Å². The largest absolute Gasteiger partial charge is 0.399 e. The summed E-state index contributed by atoms with van der Waals surface area (Å²) in [7, 11) is 0. The zero-order chi connectivity index (χ0) is 12.8. The third-order valence-corrected chi connectivity index (χ3v) is 3.67. The second-order valence-electron chi connectivity index (χ2n) is 5.15. The van der Waals surface area contributed by atoms with Gasteiger partial charge in [0.25, 0.3) is 0 Å². The molecule has 0 saturated heterocycles. The number of benzene rings is 1. The fraction of sp³-hybridized carbons (Fsp3) is 0.533. The van der Waals surface area contributed by atoms with E-state index in [1.807, 2.05) is 24.3 Å². The van der Waals surface area contributed by atoms with Gasteiger partial charge in [-0.2, -0.15) is 0 Å². The Kier molecular flexibility index (Phi) is 4.62. The summed E-state index contributed by atoms with van der Waals surface area (Å²) < 4.78 is 0. The van der Waals surface area contributed by atoms with Crippen LogP contribution in [0, 0.1) is 5.92 Å². The minimum absolute atomic E-state index is 0.216. The topological polar surface area (TPSA) is 55.1 Å². The molecule has 0 atom stereocenters. The molecule has 1 aliphatic rings. The zero-order valence-corrected chi connectivity index (χ0v) is 10.8. The first kappa shape index (κ1) is 12.9. The molecule has 2 rings (SSSR count). The van der Waals surface area contributed by atoms with Crippen LogP contribution < -0.4 is 11.1 Å². The van der Waals surface area contributed by atoms with Crippen LogP contribution in [0.4, 0.5) is 5.69 Å². The predicted octanol–water partition coefficient (Wildman–Crippen LogP) is 2.86. The lowest BCUT2D eigenvalue weighted by molar-refractivity contribution is -0.125. The Morgan fingerprint density at radius 2 is 1.72 bits per heavy atom. The van der Waals surface area contributed by atoms with E-state index >= 15 is 0 Å². The second kappa shape index (κ2) is 6.43. The Bertz CT molecular complexity index is 378. The molecule has 0 heterocycles. The molecule has 3 nitrogen and oxygen atoms in total. The Morgan fingerprint density at radius 3 is 2.33 bits per heavy atom. The highest BCUT2D eigenvalue weighted by atomic mass is 16.1. The minimum atomic E-state index is 0.216. The molecular formula is C15H22N2O. The van der Waals surface area contributed by atoms with E-state index in [-0.39, 0.29) is 11.8 Å². The Balaban J connectivity index is 1.81. The molecule has 0 radical (unpaired) electrons. The monoisotopic (exact) mass is 246 g/mol. The first-order valence-corrected chi connectivity index (χ1v) is 6.88. The van der Waals surface area contributed by atoms with Crippen molar-refractivity contribution in [2.45, 2.75) is 45.1 Å². The second-order valence-corrected chi connectivity index (χ2v) is 5.15. The number of carbonyl (C=O) groups excluding carboxylic acids is 1. The van der Waals surface area contributed by atoms with Crippen molar-refractivity contribution >= 4 is 11.6 Å². The van der Waals surface area contributed by atoms with Gasteiger partial charge in [-0.3, -0.25) is 4.79 Å². The highest BCUT2D eigenvalue weighted by molar-refractivity contribution is 5.78. The van der Waals surface area contributed by atoms with Crippen LogP contribution in [0.15, 0.2) is 24.3 Å². The van der Waals surface area contributed by atoms with Crippen molar-refractivity contribution in [1.82, 2.24) is 5.32 Å². The van der Waals surface area contributed by atoms with Crippen LogP contribution in [0.1, 0.15) is 44.1 Å². The van der Waals surface area contributed by atoms with Crippen molar-refractivity contribution in [2.24, 2.45) is 5.92 Å². The van der Waals surface area contributed by atoms with E-state index in [2.05, 4.69) is 5.32 Å². The number of carbonyl (C=O) groups is 1. The van der Waals surface area contributed by atoms with Gasteiger partial charge in [0, 0.05) is 18.2 Å². The van der Waals surface area contributed by atoms with E-state index in [4.69, 9.17) is 5.73 Å². The van der Waals surface area contributed by atoms with E-state index in [1.165, 1.54) is 25.7 Å². The number of nitrogens with two attached hydrogens (primary N) is 1. The summed E-state index contributed by atoms with van der Waals surface area (Å²) >= 11 is 0. The molecule has 3 heteroatoms. The zero-order valence-electron chi connectivity index (χ0n) is 10.8. The summed E-state index contributed by atoms with van der Waals surface area (Å²) in [6, 6.07) is 7.66. The molecule has 18 heavy (non-hydrogen) atoms. The fourth-order valence-electron chi connectivity index (χ4n) is 2.51. The van der Waals surface area contributed by atoms with Gasteiger partial charge in [0.15, 0.2) is 0 Å². The molecule has 0 aliphatic heterocycles. The molecule has 0 spiro atoms. The number of hydrogen-bond acceptors (Lipinski definition) is 2. The normalized spacial score (nSPS) is 17.1. The Hall–Kier alpha value is -1.51. The number of hydrogen-bond donors (Lipinski definition) is 2. The van der Waals surface area contributed by atoms with Crippen LogP contribution in [-0.4, -0.2) is 5.91 Å². The van der Waals surface area contributed by atoms with Crippen molar-refractivity contribution in [2.75, 3.05) is 5.73 Å². The summed E-state index contributed by atoms with van der Waals surface area (Å²) in [5.74, 6) is 0.440. The number of rotatable bonds is 3. The van der Waals surface area contributed by atoms with E-state index in [0.29, 0.717) is 6.54 Å². The molecule has 3 N–H and O–H groups in total. The smallest absolute Gasteiger partial charge is 0.223 e. The third-order valence-electron chi connectivity index (χ3n) is 3.67. The summed E-state index contributed by atoms with van der Waals surface area (Å²) in [6.07, 6.45) is 7.05. The van der Waals surface area contributed by atoms with Gasteiger partial charge in [0.2, 0.25) is 5.91 Å². The van der Waals surface area contributed by atoms with Gasteiger partial charge in [-0.05, 0) is 30.5 Å². The third kappa shape index (κ3) is 3.76. The van der Waals surface area contributed by atoms with Crippen LogP contribution in [0.5, 0.6) is 0 Å². The molecule has 98 valence electrons. The van der Waals surface area contributed by atoms with Gasteiger partial charge in [-0.15, -0.1) is 0 Å². The molecule has 1 saturated carbocycles. The summed E-state index contributed by atoms with van der Waals surface area (Å²) in [5.41, 5.74) is 7.49. The highest BCUT2D eigenvalue weighted by Crippen LogP contribution is 2.22. The molecule has 1 aromatic rings. The summed E-state index contributed by atoms with van der Waals surface area (Å²) in [6.45, 7) is 0.607. The predicted molar refractivity (Wildman–Crippen MR) is 73.9 cm³/mol. The van der Waals surface area contributed by atoms with Gasteiger partial charge in [-0.25, -0.2) is 0 Å². The molecule has 0 unspecified atom stereocenters. The first-order valence-electron chi connectivity index (χ1n) is 6.88. The maximum atomic E-state index is 12.1. The first-order chi connectivity index (χ1) is 8.75. The lowest BCUT2D eigenvalue weighted by Crippen LogP contribution is -2.30. The lowest BCUT2D eigenvalue weighted by Gasteiger charge is -2.14. The van der Waals surface area contributed by atoms with Crippen molar-refractivity contribution in [3.63, 3.8) is 0 Å². The van der Waals surface area contributed by atoms with Gasteiger partial charge in [0.1, 0.15) is 0 Å². The highest BCUT2D eigenvalue weighted by Gasteiger charge is 2.19. The molecule has 1 fully saturated rings. The van der Waals surface area contributed by atoms with Crippen LogP contribution in [0.25, 0.3) is 0 Å². The van der Waals surface area contributed by atoms with Crippen LogP contribution in [0.3, 0.4) is 0 Å². The minimum Gasteiger partial charge on any atom is -0.399 e. The van der Waals surface area contributed by atoms with Crippen molar-refractivity contribution in [3.8, 4) is 0 Å². The van der Waals surface area contributed by atoms with E-state index < -0.39 is 0 Å². The number of nitrogen functional groups attached to an aromatic ring is 1. The average Bonchev–Trinajstić information content (AvgIpc) is 2.66. The molecule has 1 aliphatic carbocycles. The van der Waals surface area contributed by atoms with Crippen LogP contribution in [-0.2, 0) is 11.3 Å². The van der Waals surface area contributed by atoms with E-state index in [0.717, 1.165) is 24.1 Å². The fourth-order valence-corrected chi connectivity index (χ4v) is 2.51. The van der Waals surface area contributed by atoms with E-state index in [9.17, 15) is 4.79 Å². The van der Waals surface area contributed by atoms with Gasteiger partial charge >= 0.3 is 0 Å². The van der Waals surface area contributed by atoms with Crippen LogP contribution in [0.2, 0.25) is 0 Å². The maximum absolute atomic E-state index is 12.1. The molecule has 0 bridgehead atoms. The quantitative estimate of drug-likeness (QED) is 0.636. The van der Waals surface area contributed by atoms with Crippen LogP contribution >= 0.6 is 0 Å². The number of nitrogens with one attached hydrogen (secondary N) is 1. The maximum Gasteiger partial charge on any atom is 0.223 e. The van der Waals surface area contributed by atoms with Crippen molar-refractivity contribution in [3.05, 3.63) is 29.8 Å². The SMILES string of the molecule is Nc1ccc(CNC(=O)C2CCCCCC2)cc1. The van der Waals surface area contributed by atoms with Gasteiger partial charge in [0.05, 0.1) is 0 Å². The van der Waals surface area contributed by atoms with Crippen molar-refractivity contribution in [1.29, 1.82) is 0 Å². The number of amides is 1. The molecule has 0 aromatic heterocycles. The Labute approximate surface area is 109 Å². The molecular weight excluding hydrogens is 224 g/mol.